The van der Waals surface area contributed by atoms with Gasteiger partial charge in [0.05, 0.1) is 18.1 Å². The van der Waals surface area contributed by atoms with E-state index in [9.17, 15) is 14.4 Å². The monoisotopic (exact) mass is 377 g/mol. The van der Waals surface area contributed by atoms with E-state index in [0.717, 1.165) is 23.1 Å². The lowest BCUT2D eigenvalue weighted by molar-refractivity contribution is -0.147. The molecule has 0 atom stereocenters. The van der Waals surface area contributed by atoms with Crippen LogP contribution in [0.5, 0.6) is 5.75 Å². The van der Waals surface area contributed by atoms with Crippen LogP contribution >= 0.6 is 11.8 Å². The first kappa shape index (κ1) is 20.0. The minimum Gasteiger partial charge on any atom is -0.493 e. The molecule has 1 aliphatic rings. The van der Waals surface area contributed by atoms with Crippen LogP contribution in [0.1, 0.15) is 32.8 Å². The molecule has 2 rings (SSSR count). The molecule has 6 nitrogen and oxygen atoms in total. The first-order valence-corrected chi connectivity index (χ1v) is 9.36. The largest absolute Gasteiger partial charge is 0.493 e. The lowest BCUT2D eigenvalue weighted by Crippen LogP contribution is -2.34. The third kappa shape index (κ3) is 5.36. The molecule has 26 heavy (non-hydrogen) atoms. The van der Waals surface area contributed by atoms with Crippen molar-refractivity contribution < 1.29 is 23.9 Å². The molecule has 1 aromatic rings. The van der Waals surface area contributed by atoms with Crippen molar-refractivity contribution in [2.24, 2.45) is 5.92 Å². The first-order chi connectivity index (χ1) is 12.4. The topological polar surface area (TPSA) is 72.9 Å². The molecule has 0 aromatic heterocycles. The highest BCUT2D eigenvalue weighted by molar-refractivity contribution is 8.18. The van der Waals surface area contributed by atoms with Crippen LogP contribution in [-0.2, 0) is 14.3 Å². The number of carbonyl (C=O) groups excluding carboxylic acids is 3. The number of rotatable bonds is 8. The fourth-order valence-electron chi connectivity index (χ4n) is 2.16. The van der Waals surface area contributed by atoms with Crippen molar-refractivity contribution >= 4 is 35.0 Å². The van der Waals surface area contributed by atoms with Crippen LogP contribution in [0.2, 0.25) is 0 Å². The SMILES string of the molecule is CCCOc1ccccc1/C=C1/SC(=O)N(CC(=O)OCC(C)C)C1=O. The molecule has 0 saturated carbocycles. The number of hydrogen-bond donors (Lipinski definition) is 0. The summed E-state index contributed by atoms with van der Waals surface area (Å²) in [4.78, 5) is 37.6. The summed E-state index contributed by atoms with van der Waals surface area (Å²) in [7, 11) is 0. The van der Waals surface area contributed by atoms with Gasteiger partial charge in [0, 0.05) is 5.56 Å². The van der Waals surface area contributed by atoms with Crippen molar-refractivity contribution in [3.8, 4) is 5.75 Å². The van der Waals surface area contributed by atoms with E-state index in [-0.39, 0.29) is 24.0 Å². The minimum atomic E-state index is -0.589. The molecular weight excluding hydrogens is 354 g/mol. The summed E-state index contributed by atoms with van der Waals surface area (Å²) >= 11 is 0.811. The molecule has 0 unspecified atom stereocenters. The second-order valence-corrected chi connectivity index (χ2v) is 7.22. The lowest BCUT2D eigenvalue weighted by Gasteiger charge is -2.12. The predicted molar refractivity (Wildman–Crippen MR) is 101 cm³/mol. The van der Waals surface area contributed by atoms with Crippen molar-refractivity contribution in [1.29, 1.82) is 0 Å². The Bertz CT molecular complexity index is 714. The summed E-state index contributed by atoms with van der Waals surface area (Å²) in [5.41, 5.74) is 0.717. The van der Waals surface area contributed by atoms with E-state index in [1.165, 1.54) is 0 Å². The van der Waals surface area contributed by atoms with E-state index in [1.54, 1.807) is 6.08 Å². The number of hydrogen-bond acceptors (Lipinski definition) is 6. The Hall–Kier alpha value is -2.28. The molecule has 0 aliphatic carbocycles. The van der Waals surface area contributed by atoms with E-state index in [1.807, 2.05) is 45.0 Å². The molecule has 0 bridgehead atoms. The van der Waals surface area contributed by atoms with Gasteiger partial charge in [-0.25, -0.2) is 0 Å². The zero-order chi connectivity index (χ0) is 19.1. The fourth-order valence-corrected chi connectivity index (χ4v) is 2.98. The third-order valence-electron chi connectivity index (χ3n) is 3.41. The average molecular weight is 377 g/mol. The van der Waals surface area contributed by atoms with Crippen LogP contribution in [-0.4, -0.2) is 41.8 Å². The second-order valence-electron chi connectivity index (χ2n) is 6.23. The number of nitrogens with zero attached hydrogens (tertiary/aromatic N) is 1. The van der Waals surface area contributed by atoms with E-state index in [0.29, 0.717) is 17.9 Å². The number of imide groups is 1. The molecule has 0 spiro atoms. The van der Waals surface area contributed by atoms with Crippen molar-refractivity contribution in [1.82, 2.24) is 4.90 Å². The van der Waals surface area contributed by atoms with Gasteiger partial charge >= 0.3 is 5.97 Å². The van der Waals surface area contributed by atoms with Gasteiger partial charge in [-0.3, -0.25) is 19.3 Å². The number of amides is 2. The summed E-state index contributed by atoms with van der Waals surface area (Å²) in [5.74, 6) is -0.244. The number of esters is 1. The standard InChI is InChI=1S/C19H23NO5S/c1-4-9-24-15-8-6-5-7-14(15)10-16-18(22)20(19(23)26-16)11-17(21)25-12-13(2)3/h5-8,10,13H,4,9,11-12H2,1-3H3/b16-10+. The molecule has 0 radical (unpaired) electrons. The van der Waals surface area contributed by atoms with E-state index in [2.05, 4.69) is 0 Å². The van der Waals surface area contributed by atoms with E-state index >= 15 is 0 Å². The van der Waals surface area contributed by atoms with Gasteiger partial charge in [-0.15, -0.1) is 0 Å². The van der Waals surface area contributed by atoms with Gasteiger partial charge in [0.15, 0.2) is 0 Å². The minimum absolute atomic E-state index is 0.188. The van der Waals surface area contributed by atoms with Gasteiger partial charge in [-0.2, -0.15) is 0 Å². The summed E-state index contributed by atoms with van der Waals surface area (Å²) in [6.07, 6.45) is 2.48. The molecule has 140 valence electrons. The molecule has 1 heterocycles. The zero-order valence-electron chi connectivity index (χ0n) is 15.2. The maximum Gasteiger partial charge on any atom is 0.326 e. The Morgan fingerprint density at radius 1 is 1.27 bits per heavy atom. The molecule has 0 N–H and O–H groups in total. The number of thioether (sulfide) groups is 1. The molecule has 1 saturated heterocycles. The van der Waals surface area contributed by atoms with Gasteiger partial charge in [-0.05, 0) is 36.2 Å². The number of carbonyl (C=O) groups is 3. The Morgan fingerprint density at radius 3 is 2.69 bits per heavy atom. The Kier molecular flexibility index (Phi) is 7.26. The fraction of sp³-hybridized carbons (Fsp3) is 0.421. The van der Waals surface area contributed by atoms with Crippen LogP contribution in [0.15, 0.2) is 29.2 Å². The van der Waals surface area contributed by atoms with Crippen LogP contribution < -0.4 is 4.74 Å². The van der Waals surface area contributed by atoms with Crippen molar-refractivity contribution in [3.05, 3.63) is 34.7 Å². The van der Waals surface area contributed by atoms with Gasteiger partial charge in [0.2, 0.25) is 0 Å². The highest BCUT2D eigenvalue weighted by atomic mass is 32.2. The Morgan fingerprint density at radius 2 is 2.00 bits per heavy atom. The van der Waals surface area contributed by atoms with Gasteiger partial charge < -0.3 is 9.47 Å². The number of ether oxygens (including phenoxy) is 2. The predicted octanol–water partition coefficient (Wildman–Crippen LogP) is 3.71. The number of para-hydroxylation sites is 1. The molecule has 1 aliphatic heterocycles. The van der Waals surface area contributed by atoms with Crippen molar-refractivity contribution in [3.63, 3.8) is 0 Å². The van der Waals surface area contributed by atoms with Crippen LogP contribution in [0.4, 0.5) is 4.79 Å². The summed E-state index contributed by atoms with van der Waals surface area (Å²) in [6, 6.07) is 7.31. The summed E-state index contributed by atoms with van der Waals surface area (Å²) in [5, 5.41) is -0.477. The maximum atomic E-state index is 12.5. The summed E-state index contributed by atoms with van der Waals surface area (Å²) < 4.78 is 10.7. The normalized spacial score (nSPS) is 15.8. The smallest absolute Gasteiger partial charge is 0.326 e. The van der Waals surface area contributed by atoms with Gasteiger partial charge in [-0.1, -0.05) is 39.0 Å². The Labute approximate surface area is 157 Å². The maximum absolute atomic E-state index is 12.5. The average Bonchev–Trinajstić information content (AvgIpc) is 2.86. The first-order valence-electron chi connectivity index (χ1n) is 8.55. The second kappa shape index (κ2) is 9.43. The van der Waals surface area contributed by atoms with Gasteiger partial charge in [0.25, 0.3) is 11.1 Å². The molecule has 7 heteroatoms. The zero-order valence-corrected chi connectivity index (χ0v) is 16.0. The Balaban J connectivity index is 2.11. The van der Waals surface area contributed by atoms with E-state index in [4.69, 9.17) is 9.47 Å². The lowest BCUT2D eigenvalue weighted by atomic mass is 10.2. The van der Waals surface area contributed by atoms with Crippen LogP contribution in [0.25, 0.3) is 6.08 Å². The van der Waals surface area contributed by atoms with Crippen LogP contribution in [0, 0.1) is 5.92 Å². The third-order valence-corrected chi connectivity index (χ3v) is 4.31. The molecule has 2 amide bonds. The highest BCUT2D eigenvalue weighted by Crippen LogP contribution is 2.33. The molecular formula is C19H23NO5S. The molecule has 1 fully saturated rings. The van der Waals surface area contributed by atoms with Crippen LogP contribution in [0.3, 0.4) is 0 Å². The van der Waals surface area contributed by atoms with Gasteiger partial charge in [0.1, 0.15) is 12.3 Å². The van der Waals surface area contributed by atoms with Crippen molar-refractivity contribution in [2.75, 3.05) is 19.8 Å². The summed E-state index contributed by atoms with van der Waals surface area (Å²) in [6.45, 7) is 6.28. The number of benzene rings is 1. The van der Waals surface area contributed by atoms with Crippen molar-refractivity contribution in [2.45, 2.75) is 27.2 Å². The quantitative estimate of drug-likeness (QED) is 0.508. The van der Waals surface area contributed by atoms with E-state index < -0.39 is 17.1 Å². The molecule has 1 aromatic carbocycles. The highest BCUT2D eigenvalue weighted by Gasteiger charge is 2.36.